The Morgan fingerprint density at radius 3 is 2.48 bits per heavy atom. The van der Waals surface area contributed by atoms with Crippen LogP contribution in [0.2, 0.25) is 0 Å². The van der Waals surface area contributed by atoms with Crippen molar-refractivity contribution in [1.29, 1.82) is 0 Å². The van der Waals surface area contributed by atoms with E-state index in [1.54, 1.807) is 0 Å². The number of hydrogen-bond acceptors (Lipinski definition) is 2. The number of phenolic OH excluding ortho intramolecular Hbond substituents is 1. The predicted molar refractivity (Wildman–Crippen MR) is 84.8 cm³/mol. The van der Waals surface area contributed by atoms with Gasteiger partial charge in [0.15, 0.2) is 0 Å². The third kappa shape index (κ3) is 2.06. The molecule has 2 aromatic rings. The highest BCUT2D eigenvalue weighted by Crippen LogP contribution is 2.47. The summed E-state index contributed by atoms with van der Waals surface area (Å²) in [5, 5.41) is 9.53. The van der Waals surface area contributed by atoms with Gasteiger partial charge in [-0.3, -0.25) is 0 Å². The first-order valence-electron chi connectivity index (χ1n) is 7.82. The van der Waals surface area contributed by atoms with E-state index in [1.807, 2.05) is 12.1 Å². The SMILES string of the molecule is CN1CCC2c3ccccc3C(c3ccc(O)cc3)C[C@@H]21. The molecule has 2 unspecified atom stereocenters. The number of fused-ring (bicyclic) bond motifs is 3. The van der Waals surface area contributed by atoms with E-state index < -0.39 is 0 Å². The Morgan fingerprint density at radius 2 is 1.71 bits per heavy atom. The highest BCUT2D eigenvalue weighted by atomic mass is 16.3. The molecule has 108 valence electrons. The van der Waals surface area contributed by atoms with E-state index >= 15 is 0 Å². The zero-order valence-electron chi connectivity index (χ0n) is 12.4. The van der Waals surface area contributed by atoms with Crippen molar-refractivity contribution in [3.8, 4) is 5.75 Å². The predicted octanol–water partition coefficient (Wildman–Crippen LogP) is 3.72. The lowest BCUT2D eigenvalue weighted by molar-refractivity contribution is 0.265. The minimum absolute atomic E-state index is 0.346. The Balaban J connectivity index is 1.81. The fourth-order valence-corrected chi connectivity index (χ4v) is 4.27. The molecule has 2 nitrogen and oxygen atoms in total. The van der Waals surface area contributed by atoms with E-state index in [0.717, 1.165) is 0 Å². The van der Waals surface area contributed by atoms with Gasteiger partial charge in [0.25, 0.3) is 0 Å². The average molecular weight is 279 g/mol. The van der Waals surface area contributed by atoms with Crippen LogP contribution in [-0.2, 0) is 0 Å². The molecule has 2 heteroatoms. The number of aromatic hydroxyl groups is 1. The number of phenols is 1. The summed E-state index contributed by atoms with van der Waals surface area (Å²) in [5.41, 5.74) is 4.34. The highest BCUT2D eigenvalue weighted by molar-refractivity contribution is 5.44. The van der Waals surface area contributed by atoms with Gasteiger partial charge in [-0.1, -0.05) is 36.4 Å². The van der Waals surface area contributed by atoms with E-state index in [0.29, 0.717) is 23.6 Å². The van der Waals surface area contributed by atoms with Gasteiger partial charge in [0.05, 0.1) is 0 Å². The maximum atomic E-state index is 9.53. The van der Waals surface area contributed by atoms with Gasteiger partial charge in [-0.2, -0.15) is 0 Å². The van der Waals surface area contributed by atoms with E-state index in [-0.39, 0.29) is 0 Å². The molecule has 0 radical (unpaired) electrons. The number of hydrogen-bond donors (Lipinski definition) is 1. The third-order valence-electron chi connectivity index (χ3n) is 5.37. The molecule has 0 amide bonds. The Hall–Kier alpha value is -1.80. The van der Waals surface area contributed by atoms with Gasteiger partial charge in [0.2, 0.25) is 0 Å². The molecule has 0 bridgehead atoms. The Kier molecular flexibility index (Phi) is 3.00. The summed E-state index contributed by atoms with van der Waals surface area (Å²) in [7, 11) is 2.26. The standard InChI is InChI=1S/C19H21NO/c1-20-11-10-17-15-4-2-3-5-16(15)18(12-19(17)20)13-6-8-14(21)9-7-13/h2-9,17-19,21H,10-12H2,1H3/t17?,18?,19-/m0/s1. The smallest absolute Gasteiger partial charge is 0.115 e. The van der Waals surface area contributed by atoms with Crippen molar-refractivity contribution in [2.45, 2.75) is 30.7 Å². The van der Waals surface area contributed by atoms with Crippen LogP contribution >= 0.6 is 0 Å². The van der Waals surface area contributed by atoms with Crippen LogP contribution in [0.25, 0.3) is 0 Å². The summed E-state index contributed by atoms with van der Waals surface area (Å²) in [4.78, 5) is 2.52. The van der Waals surface area contributed by atoms with Crippen molar-refractivity contribution in [1.82, 2.24) is 4.90 Å². The first-order chi connectivity index (χ1) is 10.2. The molecule has 1 aliphatic heterocycles. The summed E-state index contributed by atoms with van der Waals surface area (Å²) in [6, 6.07) is 17.4. The molecule has 1 aliphatic carbocycles. The molecular weight excluding hydrogens is 258 g/mol. The highest BCUT2D eigenvalue weighted by Gasteiger charge is 2.40. The first-order valence-corrected chi connectivity index (χ1v) is 7.82. The third-order valence-corrected chi connectivity index (χ3v) is 5.37. The molecule has 1 saturated heterocycles. The van der Waals surface area contributed by atoms with Crippen LogP contribution in [0.15, 0.2) is 48.5 Å². The average Bonchev–Trinajstić information content (AvgIpc) is 2.89. The lowest BCUT2D eigenvalue weighted by Crippen LogP contribution is -2.34. The summed E-state index contributed by atoms with van der Waals surface area (Å²) in [5.74, 6) is 1.49. The second kappa shape index (κ2) is 4.88. The molecule has 2 aliphatic rings. The molecule has 3 atom stereocenters. The minimum atomic E-state index is 0.346. The van der Waals surface area contributed by atoms with E-state index in [4.69, 9.17) is 0 Å². The topological polar surface area (TPSA) is 23.5 Å². The first kappa shape index (κ1) is 12.9. The van der Waals surface area contributed by atoms with Crippen LogP contribution in [0.1, 0.15) is 41.4 Å². The van der Waals surface area contributed by atoms with Gasteiger partial charge in [-0.05, 0) is 55.3 Å². The van der Waals surface area contributed by atoms with Crippen LogP contribution in [0, 0.1) is 0 Å². The zero-order valence-corrected chi connectivity index (χ0v) is 12.4. The van der Waals surface area contributed by atoms with Crippen molar-refractivity contribution in [3.05, 3.63) is 65.2 Å². The van der Waals surface area contributed by atoms with E-state index in [9.17, 15) is 5.11 Å². The van der Waals surface area contributed by atoms with Gasteiger partial charge in [0, 0.05) is 17.9 Å². The number of likely N-dealkylation sites (tertiary alicyclic amines) is 1. The molecule has 0 aromatic heterocycles. The number of rotatable bonds is 1. The molecular formula is C19H21NO. The van der Waals surface area contributed by atoms with Crippen LogP contribution in [0.5, 0.6) is 5.75 Å². The largest absolute Gasteiger partial charge is 0.508 e. The van der Waals surface area contributed by atoms with E-state index in [2.05, 4.69) is 48.3 Å². The Morgan fingerprint density at radius 1 is 1.00 bits per heavy atom. The fraction of sp³-hybridized carbons (Fsp3) is 0.368. The Labute approximate surface area is 126 Å². The maximum Gasteiger partial charge on any atom is 0.115 e. The molecule has 21 heavy (non-hydrogen) atoms. The second-order valence-electron chi connectivity index (χ2n) is 6.45. The van der Waals surface area contributed by atoms with Crippen molar-refractivity contribution in [3.63, 3.8) is 0 Å². The van der Waals surface area contributed by atoms with Gasteiger partial charge in [0.1, 0.15) is 5.75 Å². The second-order valence-corrected chi connectivity index (χ2v) is 6.45. The Bertz CT molecular complexity index is 649. The molecule has 1 heterocycles. The van der Waals surface area contributed by atoms with Crippen LogP contribution < -0.4 is 0 Å². The monoisotopic (exact) mass is 279 g/mol. The summed E-state index contributed by atoms with van der Waals surface area (Å²) in [6.07, 6.45) is 2.46. The van der Waals surface area contributed by atoms with Crippen LogP contribution in [0.3, 0.4) is 0 Å². The number of likely N-dealkylation sites (N-methyl/N-ethyl adjacent to an activating group) is 1. The normalized spacial score (nSPS) is 28.1. The summed E-state index contributed by atoms with van der Waals surface area (Å²) >= 11 is 0. The van der Waals surface area contributed by atoms with Gasteiger partial charge in [-0.15, -0.1) is 0 Å². The van der Waals surface area contributed by atoms with Gasteiger partial charge in [-0.25, -0.2) is 0 Å². The molecule has 2 aromatic carbocycles. The minimum Gasteiger partial charge on any atom is -0.508 e. The van der Waals surface area contributed by atoms with Gasteiger partial charge < -0.3 is 10.0 Å². The van der Waals surface area contributed by atoms with Crippen molar-refractivity contribution < 1.29 is 5.11 Å². The molecule has 4 rings (SSSR count). The number of benzene rings is 2. The fourth-order valence-electron chi connectivity index (χ4n) is 4.27. The lowest BCUT2D eigenvalue weighted by Gasteiger charge is -2.37. The lowest BCUT2D eigenvalue weighted by atomic mass is 9.71. The molecule has 1 N–H and O–H groups in total. The summed E-state index contributed by atoms with van der Waals surface area (Å²) in [6.45, 7) is 1.20. The van der Waals surface area contributed by atoms with E-state index in [1.165, 1.54) is 36.1 Å². The quantitative estimate of drug-likeness (QED) is 0.860. The summed E-state index contributed by atoms with van der Waals surface area (Å²) < 4.78 is 0. The van der Waals surface area contributed by atoms with Crippen molar-refractivity contribution in [2.24, 2.45) is 0 Å². The van der Waals surface area contributed by atoms with Crippen LogP contribution in [-0.4, -0.2) is 29.6 Å². The molecule has 0 spiro atoms. The zero-order chi connectivity index (χ0) is 14.4. The maximum absolute atomic E-state index is 9.53. The van der Waals surface area contributed by atoms with Crippen molar-refractivity contribution >= 4 is 0 Å². The molecule has 1 fully saturated rings. The van der Waals surface area contributed by atoms with Crippen LogP contribution in [0.4, 0.5) is 0 Å². The molecule has 0 saturated carbocycles. The van der Waals surface area contributed by atoms with Crippen molar-refractivity contribution in [2.75, 3.05) is 13.6 Å². The number of nitrogens with zero attached hydrogens (tertiary/aromatic N) is 1. The van der Waals surface area contributed by atoms with Gasteiger partial charge >= 0.3 is 0 Å².